The molecule has 0 spiro atoms. The molecule has 1 aromatic heterocycles. The average Bonchev–Trinajstić information content (AvgIpc) is 3.15. The maximum Gasteiger partial charge on any atom is 0.0794 e. The van der Waals surface area contributed by atoms with Gasteiger partial charge in [-0.25, -0.2) is 0 Å². The molecule has 0 amide bonds. The third kappa shape index (κ3) is 3.89. The van der Waals surface area contributed by atoms with E-state index in [1.807, 2.05) is 6.20 Å². The predicted octanol–water partition coefficient (Wildman–Crippen LogP) is 2.90. The smallest absolute Gasteiger partial charge is 0.0794 e. The zero-order valence-electron chi connectivity index (χ0n) is 18.1. The summed E-state index contributed by atoms with van der Waals surface area (Å²) in [6.07, 6.45) is 5.12. The molecule has 5 heteroatoms. The molecule has 0 saturated carbocycles. The Kier molecular flexibility index (Phi) is 5.35. The zero-order valence-corrected chi connectivity index (χ0v) is 18.1. The number of benzene rings is 1. The third-order valence-electron chi connectivity index (χ3n) is 6.76. The van der Waals surface area contributed by atoms with Crippen molar-refractivity contribution < 1.29 is 5.11 Å². The van der Waals surface area contributed by atoms with Crippen molar-refractivity contribution in [3.8, 4) is 11.3 Å². The second kappa shape index (κ2) is 8.14. The number of anilines is 1. The number of β-amino-alcohol motifs (C(OH)–C–C–N with tert-alkyl or cyclic N) is 1. The van der Waals surface area contributed by atoms with E-state index in [0.717, 1.165) is 57.9 Å². The van der Waals surface area contributed by atoms with Crippen molar-refractivity contribution in [1.29, 1.82) is 0 Å². The van der Waals surface area contributed by atoms with Gasteiger partial charge in [-0.2, -0.15) is 0 Å². The van der Waals surface area contributed by atoms with Crippen molar-refractivity contribution in [2.75, 3.05) is 50.7 Å². The molecule has 0 bridgehead atoms. The van der Waals surface area contributed by atoms with E-state index in [0.29, 0.717) is 6.04 Å². The Morgan fingerprint density at radius 3 is 2.43 bits per heavy atom. The lowest BCUT2D eigenvalue weighted by atomic mass is 10.0. The maximum absolute atomic E-state index is 9.54. The minimum absolute atomic E-state index is 0.140. The van der Waals surface area contributed by atoms with Gasteiger partial charge in [-0.15, -0.1) is 0 Å². The fourth-order valence-electron chi connectivity index (χ4n) is 4.95. The van der Waals surface area contributed by atoms with Gasteiger partial charge in [0.15, 0.2) is 0 Å². The summed E-state index contributed by atoms with van der Waals surface area (Å²) in [6.45, 7) is 11.6. The highest BCUT2D eigenvalue weighted by Crippen LogP contribution is 2.34. The first kappa shape index (κ1) is 19.7. The fraction of sp³-hybridized carbons (Fsp3) is 0.480. The lowest BCUT2D eigenvalue weighted by Crippen LogP contribution is -2.51. The van der Waals surface area contributed by atoms with E-state index < -0.39 is 0 Å². The van der Waals surface area contributed by atoms with E-state index in [9.17, 15) is 5.11 Å². The molecule has 0 unspecified atom stereocenters. The van der Waals surface area contributed by atoms with Crippen LogP contribution in [0.15, 0.2) is 42.1 Å². The van der Waals surface area contributed by atoms with Gasteiger partial charge in [0.05, 0.1) is 11.8 Å². The highest BCUT2D eigenvalue weighted by molar-refractivity contribution is 5.78. The summed E-state index contributed by atoms with van der Waals surface area (Å²) in [7, 11) is 0. The summed E-state index contributed by atoms with van der Waals surface area (Å²) in [6, 6.07) is 11.7. The van der Waals surface area contributed by atoms with Gasteiger partial charge in [0.2, 0.25) is 0 Å². The number of hydrogen-bond donors (Lipinski definition) is 1. The molecule has 2 saturated heterocycles. The van der Waals surface area contributed by atoms with Crippen LogP contribution in [0.25, 0.3) is 17.3 Å². The van der Waals surface area contributed by atoms with Crippen LogP contribution >= 0.6 is 0 Å². The quantitative estimate of drug-likeness (QED) is 0.830. The molecule has 3 heterocycles. The summed E-state index contributed by atoms with van der Waals surface area (Å²) in [5, 5.41) is 9.54. The second-order valence-electron chi connectivity index (χ2n) is 9.22. The van der Waals surface area contributed by atoms with Crippen LogP contribution < -0.4 is 4.90 Å². The van der Waals surface area contributed by atoms with Gasteiger partial charge < -0.3 is 10.0 Å². The molecule has 3 aliphatic rings. The van der Waals surface area contributed by atoms with Crippen LogP contribution in [0.5, 0.6) is 0 Å². The van der Waals surface area contributed by atoms with Gasteiger partial charge in [0.1, 0.15) is 0 Å². The molecular formula is C25H32N4O. The number of nitrogens with zero attached hydrogens (tertiary/aromatic N) is 4. The number of aliphatic hydroxyl groups is 1. The highest BCUT2D eigenvalue weighted by Gasteiger charge is 2.27. The van der Waals surface area contributed by atoms with Crippen LogP contribution in [0.4, 0.5) is 5.69 Å². The van der Waals surface area contributed by atoms with E-state index in [4.69, 9.17) is 4.98 Å². The Balaban J connectivity index is 1.30. The van der Waals surface area contributed by atoms with E-state index >= 15 is 0 Å². The number of piperazine rings is 1. The Morgan fingerprint density at radius 1 is 1.03 bits per heavy atom. The van der Waals surface area contributed by atoms with Gasteiger partial charge >= 0.3 is 0 Å². The number of pyridine rings is 1. The molecule has 0 radical (unpaired) electrons. The van der Waals surface area contributed by atoms with Gasteiger partial charge in [-0.3, -0.25) is 14.8 Å². The first-order valence-electron chi connectivity index (χ1n) is 11.2. The molecule has 1 N–H and O–H groups in total. The number of likely N-dealkylation sites (tertiary alicyclic amines) is 1. The van der Waals surface area contributed by atoms with Crippen molar-refractivity contribution >= 4 is 11.8 Å². The first-order chi connectivity index (χ1) is 14.6. The normalized spacial score (nSPS) is 20.4. The van der Waals surface area contributed by atoms with Crippen LogP contribution in [-0.2, 0) is 6.42 Å². The molecule has 1 aliphatic carbocycles. The SMILES string of the molecule is CC(C)N1CCN(c2ccc(-c3nccc4c3C=C(CN3CC(O)C3)C4)cc2)CC1. The van der Waals surface area contributed by atoms with Gasteiger partial charge in [-0.05, 0) is 44.0 Å². The lowest BCUT2D eigenvalue weighted by Gasteiger charge is -2.38. The number of hydrogen-bond acceptors (Lipinski definition) is 5. The number of aromatic nitrogens is 1. The van der Waals surface area contributed by atoms with Crippen LogP contribution in [-0.4, -0.2) is 77.8 Å². The predicted molar refractivity (Wildman–Crippen MR) is 123 cm³/mol. The molecule has 5 nitrogen and oxygen atoms in total. The molecule has 30 heavy (non-hydrogen) atoms. The van der Waals surface area contributed by atoms with Crippen molar-refractivity contribution in [1.82, 2.24) is 14.8 Å². The van der Waals surface area contributed by atoms with Crippen molar-refractivity contribution in [2.24, 2.45) is 0 Å². The zero-order chi connectivity index (χ0) is 20.7. The fourth-order valence-corrected chi connectivity index (χ4v) is 4.95. The molecule has 2 aliphatic heterocycles. The van der Waals surface area contributed by atoms with Gasteiger partial charge in [0.25, 0.3) is 0 Å². The van der Waals surface area contributed by atoms with Crippen molar-refractivity contribution in [3.63, 3.8) is 0 Å². The van der Waals surface area contributed by atoms with Crippen molar-refractivity contribution in [2.45, 2.75) is 32.4 Å². The maximum atomic E-state index is 9.54. The lowest BCUT2D eigenvalue weighted by molar-refractivity contribution is 0.00820. The van der Waals surface area contributed by atoms with Crippen molar-refractivity contribution in [3.05, 3.63) is 53.2 Å². The molecule has 158 valence electrons. The average molecular weight is 405 g/mol. The molecule has 1 aromatic carbocycles. The Bertz CT molecular complexity index is 923. The Morgan fingerprint density at radius 2 is 1.77 bits per heavy atom. The van der Waals surface area contributed by atoms with E-state index in [1.54, 1.807) is 0 Å². The second-order valence-corrected chi connectivity index (χ2v) is 9.22. The van der Waals surface area contributed by atoms with Crippen LogP contribution in [0, 0.1) is 0 Å². The summed E-state index contributed by atoms with van der Waals surface area (Å²) >= 11 is 0. The van der Waals surface area contributed by atoms with E-state index in [1.165, 1.54) is 28.0 Å². The number of fused-ring (bicyclic) bond motifs is 1. The summed E-state index contributed by atoms with van der Waals surface area (Å²) in [5.41, 5.74) is 7.64. The highest BCUT2D eigenvalue weighted by atomic mass is 16.3. The van der Waals surface area contributed by atoms with Crippen LogP contribution in [0.1, 0.15) is 25.0 Å². The van der Waals surface area contributed by atoms with E-state index in [2.05, 4.69) is 65.0 Å². The molecule has 0 atom stereocenters. The standard InChI is InChI=1S/C25H32N4O/c1-18(2)28-9-11-29(12-10-28)22-5-3-20(4-6-22)25-24-14-19(13-21(24)7-8-26-25)15-27-16-23(30)17-27/h3-8,14,18,23,30H,9-13,15-17H2,1-2H3. The first-order valence-corrected chi connectivity index (χ1v) is 11.2. The molecule has 5 rings (SSSR count). The monoisotopic (exact) mass is 404 g/mol. The van der Waals surface area contributed by atoms with E-state index in [-0.39, 0.29) is 6.10 Å². The Labute approximate surface area is 179 Å². The minimum Gasteiger partial charge on any atom is -0.390 e. The number of aliphatic hydroxyl groups excluding tert-OH is 1. The third-order valence-corrected chi connectivity index (χ3v) is 6.76. The number of rotatable bonds is 5. The summed E-state index contributed by atoms with van der Waals surface area (Å²) < 4.78 is 0. The van der Waals surface area contributed by atoms with Gasteiger partial charge in [-0.1, -0.05) is 23.8 Å². The molecular weight excluding hydrogens is 372 g/mol. The largest absolute Gasteiger partial charge is 0.390 e. The summed E-state index contributed by atoms with van der Waals surface area (Å²) in [5.74, 6) is 0. The van der Waals surface area contributed by atoms with Crippen LogP contribution in [0.2, 0.25) is 0 Å². The van der Waals surface area contributed by atoms with Crippen LogP contribution in [0.3, 0.4) is 0 Å². The molecule has 2 fully saturated rings. The molecule has 2 aromatic rings. The topological polar surface area (TPSA) is 42.8 Å². The minimum atomic E-state index is -0.140. The summed E-state index contributed by atoms with van der Waals surface area (Å²) in [4.78, 5) is 12.1. The Hall–Kier alpha value is -2.21. The van der Waals surface area contributed by atoms with Gasteiger partial charge in [0, 0.05) is 74.9 Å².